The van der Waals surface area contributed by atoms with E-state index in [0.717, 1.165) is 31.6 Å². The van der Waals surface area contributed by atoms with Crippen molar-refractivity contribution in [3.05, 3.63) is 18.2 Å². The second-order valence-corrected chi connectivity index (χ2v) is 6.31. The molecule has 0 unspecified atom stereocenters. The number of hydrogen-bond donors (Lipinski definition) is 2. The van der Waals surface area contributed by atoms with E-state index in [4.69, 9.17) is 15.2 Å². The monoisotopic (exact) mass is 349 g/mol. The molecule has 7 nitrogen and oxygen atoms in total. The van der Waals surface area contributed by atoms with E-state index in [1.165, 1.54) is 26.2 Å². The lowest BCUT2D eigenvalue weighted by atomic mass is 10.2. The van der Waals surface area contributed by atoms with E-state index in [1.807, 2.05) is 18.2 Å². The molecular weight excluding hydrogens is 318 g/mol. The predicted molar refractivity (Wildman–Crippen MR) is 103 cm³/mol. The number of anilines is 1. The Hall–Kier alpha value is -1.99. The van der Waals surface area contributed by atoms with Crippen LogP contribution >= 0.6 is 0 Å². The van der Waals surface area contributed by atoms with Gasteiger partial charge in [-0.1, -0.05) is 0 Å². The third kappa shape index (κ3) is 6.43. The number of benzene rings is 1. The second-order valence-electron chi connectivity index (χ2n) is 6.31. The predicted octanol–water partition coefficient (Wildman–Crippen LogP) is 1.46. The zero-order chi connectivity index (χ0) is 18.1. The van der Waals surface area contributed by atoms with Crippen LogP contribution in [0.4, 0.5) is 5.69 Å². The molecule has 0 saturated carbocycles. The summed E-state index contributed by atoms with van der Waals surface area (Å²) in [6.45, 7) is 6.55. The van der Waals surface area contributed by atoms with Crippen molar-refractivity contribution in [3.63, 3.8) is 0 Å². The van der Waals surface area contributed by atoms with Gasteiger partial charge in [-0.3, -0.25) is 4.99 Å². The molecule has 1 fully saturated rings. The number of aliphatic imine (C=N–C) groups is 1. The Morgan fingerprint density at radius 3 is 2.52 bits per heavy atom. The molecule has 140 valence electrons. The van der Waals surface area contributed by atoms with Crippen LogP contribution in [0.25, 0.3) is 0 Å². The van der Waals surface area contributed by atoms with E-state index in [1.54, 1.807) is 14.2 Å². The van der Waals surface area contributed by atoms with Gasteiger partial charge in [0.25, 0.3) is 0 Å². The van der Waals surface area contributed by atoms with E-state index in [-0.39, 0.29) is 0 Å². The van der Waals surface area contributed by atoms with E-state index in [2.05, 4.69) is 27.2 Å². The molecule has 1 aromatic carbocycles. The van der Waals surface area contributed by atoms with Gasteiger partial charge in [0.05, 0.1) is 14.2 Å². The molecule has 7 heteroatoms. The third-order valence-electron chi connectivity index (χ3n) is 4.42. The van der Waals surface area contributed by atoms with Crippen molar-refractivity contribution in [3.8, 4) is 11.5 Å². The summed E-state index contributed by atoms with van der Waals surface area (Å²) in [6, 6.07) is 5.57. The molecule has 1 heterocycles. The number of methoxy groups -OCH3 is 2. The maximum absolute atomic E-state index is 5.96. The van der Waals surface area contributed by atoms with Crippen LogP contribution in [0, 0.1) is 0 Å². The van der Waals surface area contributed by atoms with Gasteiger partial charge in [0.1, 0.15) is 0 Å². The fraction of sp³-hybridized carbons (Fsp3) is 0.611. The maximum Gasteiger partial charge on any atom is 0.193 e. The van der Waals surface area contributed by atoms with Gasteiger partial charge in [-0.25, -0.2) is 0 Å². The van der Waals surface area contributed by atoms with Crippen molar-refractivity contribution in [1.82, 2.24) is 9.80 Å². The smallest absolute Gasteiger partial charge is 0.193 e. The molecule has 0 aliphatic carbocycles. The number of likely N-dealkylation sites (N-methyl/N-ethyl adjacent to an activating group) is 1. The van der Waals surface area contributed by atoms with Crippen LogP contribution < -0.4 is 20.5 Å². The summed E-state index contributed by atoms with van der Waals surface area (Å²) >= 11 is 0. The Balaban J connectivity index is 1.69. The van der Waals surface area contributed by atoms with Gasteiger partial charge in [-0.2, -0.15) is 0 Å². The zero-order valence-electron chi connectivity index (χ0n) is 15.6. The molecule has 0 spiro atoms. The van der Waals surface area contributed by atoms with Crippen LogP contribution in [0.2, 0.25) is 0 Å². The molecule has 3 N–H and O–H groups in total. The summed E-state index contributed by atoms with van der Waals surface area (Å²) in [5.41, 5.74) is 6.79. The van der Waals surface area contributed by atoms with Crippen molar-refractivity contribution >= 4 is 11.6 Å². The SMILES string of the molecule is COc1ccc(NC(N)=NCCCCN2CCN(C)CC2)cc1OC. The van der Waals surface area contributed by atoms with Crippen LogP contribution in [0.3, 0.4) is 0 Å². The summed E-state index contributed by atoms with van der Waals surface area (Å²) in [5, 5.41) is 3.09. The quantitative estimate of drug-likeness (QED) is 0.420. The average molecular weight is 349 g/mol. The minimum Gasteiger partial charge on any atom is -0.493 e. The molecule has 1 aromatic rings. The first-order valence-corrected chi connectivity index (χ1v) is 8.82. The molecule has 2 rings (SSSR count). The van der Waals surface area contributed by atoms with Gasteiger partial charge >= 0.3 is 0 Å². The highest BCUT2D eigenvalue weighted by atomic mass is 16.5. The highest BCUT2D eigenvalue weighted by molar-refractivity contribution is 5.92. The molecule has 1 aliphatic heterocycles. The Bertz CT molecular complexity index is 556. The first-order valence-electron chi connectivity index (χ1n) is 8.82. The Labute approximate surface area is 150 Å². The van der Waals surface area contributed by atoms with Gasteiger partial charge in [-0.05, 0) is 38.6 Å². The Kier molecular flexibility index (Phi) is 7.81. The first kappa shape index (κ1) is 19.3. The van der Waals surface area contributed by atoms with Crippen molar-refractivity contribution < 1.29 is 9.47 Å². The summed E-state index contributed by atoms with van der Waals surface area (Å²) < 4.78 is 10.5. The largest absolute Gasteiger partial charge is 0.493 e. The Morgan fingerprint density at radius 1 is 1.12 bits per heavy atom. The van der Waals surface area contributed by atoms with Crippen LogP contribution in [0.1, 0.15) is 12.8 Å². The minimum absolute atomic E-state index is 0.423. The number of nitrogens with one attached hydrogen (secondary N) is 1. The topological polar surface area (TPSA) is 75.4 Å². The van der Waals surface area contributed by atoms with Gasteiger partial charge in [0.2, 0.25) is 0 Å². The van der Waals surface area contributed by atoms with Crippen LogP contribution in [0.15, 0.2) is 23.2 Å². The van der Waals surface area contributed by atoms with E-state index in [9.17, 15) is 0 Å². The van der Waals surface area contributed by atoms with Gasteiger partial charge in [-0.15, -0.1) is 0 Å². The lowest BCUT2D eigenvalue weighted by molar-refractivity contribution is 0.152. The van der Waals surface area contributed by atoms with Crippen molar-refractivity contribution in [2.24, 2.45) is 10.7 Å². The standard InChI is InChI=1S/C18H31N5O2/c1-22-10-12-23(13-11-22)9-5-4-8-20-18(19)21-15-6-7-16(24-2)17(14-15)25-3/h6-7,14H,4-5,8-13H2,1-3H3,(H3,19,20,21). The Morgan fingerprint density at radius 2 is 1.84 bits per heavy atom. The molecule has 0 radical (unpaired) electrons. The summed E-state index contributed by atoms with van der Waals surface area (Å²) in [4.78, 5) is 9.30. The number of hydrogen-bond acceptors (Lipinski definition) is 5. The molecule has 0 atom stereocenters. The molecule has 0 bridgehead atoms. The van der Waals surface area contributed by atoms with Crippen LogP contribution in [-0.2, 0) is 0 Å². The molecule has 0 aromatic heterocycles. The van der Waals surface area contributed by atoms with E-state index < -0.39 is 0 Å². The molecule has 0 amide bonds. The lowest BCUT2D eigenvalue weighted by Crippen LogP contribution is -2.44. The van der Waals surface area contributed by atoms with Gasteiger partial charge in [0, 0.05) is 44.5 Å². The van der Waals surface area contributed by atoms with E-state index in [0.29, 0.717) is 17.5 Å². The maximum atomic E-state index is 5.96. The number of unbranched alkanes of at least 4 members (excludes halogenated alkanes) is 1. The van der Waals surface area contributed by atoms with Crippen LogP contribution in [-0.4, -0.2) is 76.3 Å². The molecular formula is C18H31N5O2. The average Bonchev–Trinajstić information content (AvgIpc) is 2.62. The fourth-order valence-corrected chi connectivity index (χ4v) is 2.82. The minimum atomic E-state index is 0.423. The van der Waals surface area contributed by atoms with E-state index >= 15 is 0 Å². The first-order chi connectivity index (χ1) is 12.1. The highest BCUT2D eigenvalue weighted by Gasteiger charge is 2.12. The highest BCUT2D eigenvalue weighted by Crippen LogP contribution is 2.29. The summed E-state index contributed by atoms with van der Waals surface area (Å²) in [5.74, 6) is 1.77. The van der Waals surface area contributed by atoms with Crippen LogP contribution in [0.5, 0.6) is 11.5 Å². The van der Waals surface area contributed by atoms with Crippen molar-refractivity contribution in [2.45, 2.75) is 12.8 Å². The third-order valence-corrected chi connectivity index (χ3v) is 4.42. The van der Waals surface area contributed by atoms with Crippen molar-refractivity contribution in [2.75, 3.05) is 65.9 Å². The second kappa shape index (κ2) is 10.1. The molecule has 1 saturated heterocycles. The van der Waals surface area contributed by atoms with Gasteiger partial charge < -0.3 is 30.3 Å². The molecule has 1 aliphatic rings. The normalized spacial score (nSPS) is 16.7. The number of piperazine rings is 1. The van der Waals surface area contributed by atoms with Gasteiger partial charge in [0.15, 0.2) is 17.5 Å². The number of nitrogens with two attached hydrogens (primary N) is 1. The zero-order valence-corrected chi connectivity index (χ0v) is 15.6. The summed E-state index contributed by atoms with van der Waals surface area (Å²) in [7, 11) is 5.41. The number of guanidine groups is 1. The summed E-state index contributed by atoms with van der Waals surface area (Å²) in [6.07, 6.45) is 2.19. The fourth-order valence-electron chi connectivity index (χ4n) is 2.82. The molecule has 25 heavy (non-hydrogen) atoms. The lowest BCUT2D eigenvalue weighted by Gasteiger charge is -2.32. The van der Waals surface area contributed by atoms with Crippen molar-refractivity contribution in [1.29, 1.82) is 0 Å². The number of ether oxygens (including phenoxy) is 2. The number of rotatable bonds is 8. The number of nitrogens with zero attached hydrogens (tertiary/aromatic N) is 3.